The molecule has 2 atom stereocenters. The first-order valence-corrected chi connectivity index (χ1v) is 7.98. The molecular weight excluding hydrogens is 256 g/mol. The van der Waals surface area contributed by atoms with E-state index in [-0.39, 0.29) is 17.8 Å². The van der Waals surface area contributed by atoms with E-state index < -0.39 is 0 Å². The molecule has 0 radical (unpaired) electrons. The summed E-state index contributed by atoms with van der Waals surface area (Å²) in [5, 5.41) is 0. The van der Waals surface area contributed by atoms with Crippen LogP contribution in [0.3, 0.4) is 0 Å². The number of methoxy groups -OCH3 is 3. The first-order valence-electron chi connectivity index (χ1n) is 7.98. The van der Waals surface area contributed by atoms with Crippen molar-refractivity contribution in [3.8, 4) is 0 Å². The summed E-state index contributed by atoms with van der Waals surface area (Å²) in [5.74, 6) is 0.515. The number of hydrogen-bond acceptors (Lipinski definition) is 4. The smallest absolute Gasteiger partial charge is 0.147 e. The van der Waals surface area contributed by atoms with Crippen molar-refractivity contribution in [3.05, 3.63) is 0 Å². The second-order valence-electron chi connectivity index (χ2n) is 6.12. The van der Waals surface area contributed by atoms with Crippen LogP contribution in [0.1, 0.15) is 51.4 Å². The van der Waals surface area contributed by atoms with E-state index in [9.17, 15) is 0 Å². The molecule has 2 aliphatic carbocycles. The average Bonchev–Trinajstić information content (AvgIpc) is 2.53. The molecule has 0 N–H and O–H groups in total. The SMILES string of the molecule is COCOC1(C2CCCCC2)C(OC)CCCC1OC. The number of ether oxygens (including phenoxy) is 4. The monoisotopic (exact) mass is 286 g/mol. The van der Waals surface area contributed by atoms with Gasteiger partial charge in [-0.25, -0.2) is 0 Å². The van der Waals surface area contributed by atoms with Crippen molar-refractivity contribution in [2.24, 2.45) is 5.92 Å². The van der Waals surface area contributed by atoms with Crippen LogP contribution in [0.2, 0.25) is 0 Å². The Kier molecular flexibility index (Phi) is 6.27. The van der Waals surface area contributed by atoms with Gasteiger partial charge in [-0.2, -0.15) is 0 Å². The van der Waals surface area contributed by atoms with Crippen molar-refractivity contribution in [2.75, 3.05) is 28.1 Å². The van der Waals surface area contributed by atoms with E-state index in [4.69, 9.17) is 18.9 Å². The molecule has 0 saturated heterocycles. The predicted octanol–water partition coefficient (Wildman–Crippen LogP) is 3.14. The third-order valence-electron chi connectivity index (χ3n) is 5.18. The Morgan fingerprint density at radius 1 is 0.800 bits per heavy atom. The zero-order chi connectivity index (χ0) is 14.4. The Balaban J connectivity index is 2.27. The highest BCUT2D eigenvalue weighted by molar-refractivity contribution is 5.04. The zero-order valence-corrected chi connectivity index (χ0v) is 13.2. The molecule has 0 heterocycles. The summed E-state index contributed by atoms with van der Waals surface area (Å²) in [5.41, 5.74) is -0.335. The molecule has 0 bridgehead atoms. The van der Waals surface area contributed by atoms with E-state index in [0.29, 0.717) is 12.7 Å². The molecule has 0 aromatic carbocycles. The average molecular weight is 286 g/mol. The Bertz CT molecular complexity index is 264. The predicted molar refractivity (Wildman–Crippen MR) is 77.7 cm³/mol. The fourth-order valence-corrected chi connectivity index (χ4v) is 4.30. The molecule has 118 valence electrons. The van der Waals surface area contributed by atoms with Crippen LogP contribution in [-0.2, 0) is 18.9 Å². The van der Waals surface area contributed by atoms with Gasteiger partial charge in [-0.05, 0) is 38.0 Å². The molecule has 2 unspecified atom stereocenters. The van der Waals surface area contributed by atoms with Crippen molar-refractivity contribution in [1.82, 2.24) is 0 Å². The van der Waals surface area contributed by atoms with Crippen LogP contribution in [0.25, 0.3) is 0 Å². The second-order valence-corrected chi connectivity index (χ2v) is 6.12. The van der Waals surface area contributed by atoms with Gasteiger partial charge in [0.1, 0.15) is 12.4 Å². The van der Waals surface area contributed by atoms with Gasteiger partial charge in [-0.3, -0.25) is 0 Å². The van der Waals surface area contributed by atoms with Crippen LogP contribution in [0.4, 0.5) is 0 Å². The highest BCUT2D eigenvalue weighted by Crippen LogP contribution is 2.46. The molecule has 2 rings (SSSR count). The van der Waals surface area contributed by atoms with Gasteiger partial charge < -0.3 is 18.9 Å². The van der Waals surface area contributed by atoms with Gasteiger partial charge in [0.15, 0.2) is 0 Å². The van der Waals surface area contributed by atoms with Gasteiger partial charge in [-0.15, -0.1) is 0 Å². The summed E-state index contributed by atoms with van der Waals surface area (Å²) < 4.78 is 23.2. The van der Waals surface area contributed by atoms with E-state index >= 15 is 0 Å². The Hall–Kier alpha value is -0.160. The van der Waals surface area contributed by atoms with E-state index in [1.54, 1.807) is 21.3 Å². The standard InChI is InChI=1S/C16H30O4/c1-17-12-20-16(13-8-5-4-6-9-13)14(18-2)10-7-11-15(16)19-3/h13-15H,4-12H2,1-3H3. The first kappa shape index (κ1) is 16.2. The van der Waals surface area contributed by atoms with Gasteiger partial charge in [0, 0.05) is 21.3 Å². The third kappa shape index (κ3) is 3.03. The van der Waals surface area contributed by atoms with Gasteiger partial charge in [0.25, 0.3) is 0 Å². The normalized spacial score (nSPS) is 36.1. The largest absolute Gasteiger partial charge is 0.378 e. The van der Waals surface area contributed by atoms with Crippen molar-refractivity contribution in [2.45, 2.75) is 69.2 Å². The topological polar surface area (TPSA) is 36.9 Å². The van der Waals surface area contributed by atoms with Crippen molar-refractivity contribution < 1.29 is 18.9 Å². The van der Waals surface area contributed by atoms with E-state index in [0.717, 1.165) is 19.3 Å². The van der Waals surface area contributed by atoms with Crippen LogP contribution < -0.4 is 0 Å². The number of rotatable bonds is 6. The maximum absolute atomic E-state index is 6.29. The summed E-state index contributed by atoms with van der Waals surface area (Å²) in [6.07, 6.45) is 9.80. The quantitative estimate of drug-likeness (QED) is 0.703. The Morgan fingerprint density at radius 3 is 1.90 bits per heavy atom. The van der Waals surface area contributed by atoms with Crippen LogP contribution in [0.15, 0.2) is 0 Å². The minimum Gasteiger partial charge on any atom is -0.378 e. The van der Waals surface area contributed by atoms with Crippen LogP contribution >= 0.6 is 0 Å². The van der Waals surface area contributed by atoms with Gasteiger partial charge in [-0.1, -0.05) is 19.3 Å². The molecule has 4 heteroatoms. The molecule has 0 spiro atoms. The van der Waals surface area contributed by atoms with Crippen LogP contribution in [-0.4, -0.2) is 45.9 Å². The molecule has 2 saturated carbocycles. The second kappa shape index (κ2) is 7.74. The lowest BCUT2D eigenvalue weighted by Crippen LogP contribution is -2.63. The van der Waals surface area contributed by atoms with Gasteiger partial charge in [0.2, 0.25) is 0 Å². The summed E-state index contributed by atoms with van der Waals surface area (Å²) in [4.78, 5) is 0. The zero-order valence-electron chi connectivity index (χ0n) is 13.2. The van der Waals surface area contributed by atoms with Gasteiger partial charge >= 0.3 is 0 Å². The minimum absolute atomic E-state index is 0.111. The highest BCUT2D eigenvalue weighted by atomic mass is 16.7. The van der Waals surface area contributed by atoms with Crippen molar-refractivity contribution in [1.29, 1.82) is 0 Å². The lowest BCUT2D eigenvalue weighted by atomic mass is 9.66. The lowest BCUT2D eigenvalue weighted by molar-refractivity contribution is -0.269. The first-order chi connectivity index (χ1) is 9.79. The van der Waals surface area contributed by atoms with E-state index in [1.165, 1.54) is 32.1 Å². The molecule has 20 heavy (non-hydrogen) atoms. The van der Waals surface area contributed by atoms with E-state index in [1.807, 2.05) is 0 Å². The summed E-state index contributed by atoms with van der Waals surface area (Å²) in [6.45, 7) is 0.316. The molecule has 0 aromatic heterocycles. The van der Waals surface area contributed by atoms with E-state index in [2.05, 4.69) is 0 Å². The molecule has 0 amide bonds. The fourth-order valence-electron chi connectivity index (χ4n) is 4.30. The van der Waals surface area contributed by atoms with Crippen LogP contribution in [0.5, 0.6) is 0 Å². The number of hydrogen-bond donors (Lipinski definition) is 0. The summed E-state index contributed by atoms with van der Waals surface area (Å²) in [7, 11) is 5.29. The summed E-state index contributed by atoms with van der Waals surface area (Å²) >= 11 is 0. The summed E-state index contributed by atoms with van der Waals surface area (Å²) in [6, 6.07) is 0. The van der Waals surface area contributed by atoms with Crippen LogP contribution in [0, 0.1) is 5.92 Å². The third-order valence-corrected chi connectivity index (χ3v) is 5.18. The molecule has 4 nitrogen and oxygen atoms in total. The molecule has 2 aliphatic rings. The van der Waals surface area contributed by atoms with Crippen molar-refractivity contribution >= 4 is 0 Å². The molecule has 2 fully saturated rings. The molecule has 0 aliphatic heterocycles. The molecular formula is C16H30O4. The highest BCUT2D eigenvalue weighted by Gasteiger charge is 2.54. The lowest BCUT2D eigenvalue weighted by Gasteiger charge is -2.52. The maximum Gasteiger partial charge on any atom is 0.147 e. The minimum atomic E-state index is -0.335. The Labute approximate surface area is 123 Å². The fraction of sp³-hybridized carbons (Fsp3) is 1.00. The molecule has 0 aromatic rings. The maximum atomic E-state index is 6.29. The van der Waals surface area contributed by atoms with Gasteiger partial charge in [0.05, 0.1) is 12.2 Å². The Morgan fingerprint density at radius 2 is 1.40 bits per heavy atom. The van der Waals surface area contributed by atoms with Crippen molar-refractivity contribution in [3.63, 3.8) is 0 Å².